The van der Waals surface area contributed by atoms with Crippen LogP contribution < -0.4 is 0 Å². The molecular formula is C25H42N2. The predicted octanol–water partition coefficient (Wildman–Crippen LogP) is 7.00. The Morgan fingerprint density at radius 3 is 2.33 bits per heavy atom. The number of piperidine rings is 1. The van der Waals surface area contributed by atoms with Crippen LogP contribution in [0, 0.1) is 11.8 Å². The second kappa shape index (κ2) is 15.4. The van der Waals surface area contributed by atoms with E-state index in [1.165, 1.54) is 36.9 Å². The topological polar surface area (TPSA) is 16.1 Å². The van der Waals surface area contributed by atoms with Gasteiger partial charge in [-0.15, -0.1) is 6.58 Å². The van der Waals surface area contributed by atoms with E-state index < -0.39 is 0 Å². The fraction of sp³-hybridized carbons (Fsp3) is 0.560. The van der Waals surface area contributed by atoms with E-state index in [1.807, 2.05) is 26.1 Å². The number of aromatic nitrogens is 1. The maximum atomic E-state index is 4.29. The molecule has 1 aromatic heterocycles. The van der Waals surface area contributed by atoms with E-state index in [0.717, 1.165) is 23.8 Å². The Kier molecular flexibility index (Phi) is 14.4. The molecule has 0 N–H and O–H groups in total. The molecule has 1 aromatic carbocycles. The van der Waals surface area contributed by atoms with Gasteiger partial charge in [-0.05, 0) is 56.0 Å². The van der Waals surface area contributed by atoms with Gasteiger partial charge in [0, 0.05) is 18.1 Å². The molecule has 27 heavy (non-hydrogen) atoms. The van der Waals surface area contributed by atoms with Gasteiger partial charge in [-0.1, -0.05) is 72.2 Å². The molecule has 152 valence electrons. The number of pyridine rings is 1. The monoisotopic (exact) mass is 370 g/mol. The van der Waals surface area contributed by atoms with Crippen LogP contribution in [0.4, 0.5) is 0 Å². The van der Waals surface area contributed by atoms with Crippen LogP contribution in [0.3, 0.4) is 0 Å². The van der Waals surface area contributed by atoms with E-state index in [-0.39, 0.29) is 0 Å². The highest BCUT2D eigenvalue weighted by molar-refractivity contribution is 5.81. The van der Waals surface area contributed by atoms with E-state index in [0.29, 0.717) is 0 Å². The van der Waals surface area contributed by atoms with Gasteiger partial charge in [-0.25, -0.2) is 0 Å². The van der Waals surface area contributed by atoms with Crippen molar-refractivity contribution in [2.24, 2.45) is 11.8 Å². The minimum atomic E-state index is 0.721. The summed E-state index contributed by atoms with van der Waals surface area (Å²) in [6, 6.07) is 10.3. The highest BCUT2D eigenvalue weighted by Crippen LogP contribution is 2.22. The van der Waals surface area contributed by atoms with Crippen molar-refractivity contribution in [1.29, 1.82) is 0 Å². The van der Waals surface area contributed by atoms with Gasteiger partial charge in [0.05, 0.1) is 5.52 Å². The normalized spacial score (nSPS) is 18.8. The zero-order chi connectivity index (χ0) is 20.7. The number of aryl methyl sites for hydroxylation is 1. The molecule has 0 bridgehead atoms. The average Bonchev–Trinajstić information content (AvgIpc) is 2.72. The van der Waals surface area contributed by atoms with Crippen LogP contribution in [-0.2, 0) is 6.42 Å². The lowest BCUT2D eigenvalue weighted by Crippen LogP contribution is -2.35. The number of para-hydroxylation sites is 1. The summed E-state index contributed by atoms with van der Waals surface area (Å²) in [5.74, 6) is 1.56. The van der Waals surface area contributed by atoms with Crippen molar-refractivity contribution in [1.82, 2.24) is 9.88 Å². The number of fused-ring (bicyclic) bond motifs is 1. The van der Waals surface area contributed by atoms with E-state index in [4.69, 9.17) is 0 Å². The first kappa shape index (κ1) is 25.3. The number of likely N-dealkylation sites (tertiary alicyclic amines) is 1. The second-order valence-electron chi connectivity index (χ2n) is 6.98. The summed E-state index contributed by atoms with van der Waals surface area (Å²) in [6.07, 6.45) is 7.62. The lowest BCUT2D eigenvalue weighted by molar-refractivity contribution is 0.184. The van der Waals surface area contributed by atoms with Crippen molar-refractivity contribution in [3.05, 3.63) is 54.7 Å². The molecule has 0 saturated carbocycles. The Hall–Kier alpha value is -1.67. The molecule has 3 rings (SSSR count). The zero-order valence-electron chi connectivity index (χ0n) is 18.8. The Bertz CT molecular complexity index is 615. The Balaban J connectivity index is 0.000000410. The van der Waals surface area contributed by atoms with Crippen LogP contribution in [0.15, 0.2) is 49.2 Å². The third-order valence-electron chi connectivity index (χ3n) is 4.64. The maximum Gasteiger partial charge on any atom is 0.0704 e. The van der Waals surface area contributed by atoms with Crippen LogP contribution in [0.25, 0.3) is 10.9 Å². The van der Waals surface area contributed by atoms with E-state index in [9.17, 15) is 0 Å². The Morgan fingerprint density at radius 2 is 1.78 bits per heavy atom. The minimum Gasteiger partial charge on any atom is -0.306 e. The summed E-state index contributed by atoms with van der Waals surface area (Å²) >= 11 is 0. The Labute approximate surface area is 168 Å². The first-order valence-electron chi connectivity index (χ1n) is 10.7. The van der Waals surface area contributed by atoms with Crippen LogP contribution in [0.2, 0.25) is 0 Å². The van der Waals surface area contributed by atoms with Gasteiger partial charge in [-0.2, -0.15) is 0 Å². The molecule has 0 amide bonds. The highest BCUT2D eigenvalue weighted by atomic mass is 15.1. The van der Waals surface area contributed by atoms with Gasteiger partial charge < -0.3 is 4.90 Å². The van der Waals surface area contributed by atoms with Gasteiger partial charge in [0.25, 0.3) is 0 Å². The summed E-state index contributed by atoms with van der Waals surface area (Å²) in [4.78, 5) is 6.67. The third-order valence-corrected chi connectivity index (χ3v) is 4.64. The van der Waals surface area contributed by atoms with Crippen LogP contribution in [0.1, 0.15) is 59.9 Å². The quantitative estimate of drug-likeness (QED) is 0.529. The molecule has 0 aliphatic carbocycles. The highest BCUT2D eigenvalue weighted by Gasteiger charge is 2.20. The van der Waals surface area contributed by atoms with Crippen molar-refractivity contribution in [3.63, 3.8) is 0 Å². The molecule has 1 aliphatic rings. The van der Waals surface area contributed by atoms with Gasteiger partial charge >= 0.3 is 0 Å². The lowest BCUT2D eigenvalue weighted by Gasteiger charge is -2.32. The van der Waals surface area contributed by atoms with E-state index >= 15 is 0 Å². The second-order valence-corrected chi connectivity index (χ2v) is 6.98. The van der Waals surface area contributed by atoms with Crippen LogP contribution in [-0.4, -0.2) is 30.0 Å². The molecule has 2 heterocycles. The summed E-state index contributed by atoms with van der Waals surface area (Å²) in [5, 5.41) is 1.28. The van der Waals surface area contributed by atoms with Gasteiger partial charge in [0.1, 0.15) is 0 Å². The van der Waals surface area contributed by atoms with Gasteiger partial charge in [0.15, 0.2) is 0 Å². The minimum absolute atomic E-state index is 0.721. The van der Waals surface area contributed by atoms with Crippen molar-refractivity contribution in [2.75, 3.05) is 20.1 Å². The largest absolute Gasteiger partial charge is 0.306 e. The first-order chi connectivity index (χ1) is 13.1. The van der Waals surface area contributed by atoms with Crippen LogP contribution in [0.5, 0.6) is 0 Å². The number of nitrogens with zero attached hydrogens (tertiary/aromatic N) is 2. The summed E-state index contributed by atoms with van der Waals surface area (Å²) in [5.41, 5.74) is 2.47. The van der Waals surface area contributed by atoms with Crippen molar-refractivity contribution in [2.45, 2.75) is 60.8 Å². The predicted molar refractivity (Wildman–Crippen MR) is 123 cm³/mol. The fourth-order valence-electron chi connectivity index (χ4n) is 3.04. The van der Waals surface area contributed by atoms with Gasteiger partial charge in [0.2, 0.25) is 0 Å². The molecule has 2 aromatic rings. The number of hydrogen-bond acceptors (Lipinski definition) is 2. The summed E-state index contributed by atoms with van der Waals surface area (Å²) in [7, 11) is 2.18. The number of rotatable bonds is 2. The molecule has 2 heteroatoms. The van der Waals surface area contributed by atoms with Crippen molar-refractivity contribution < 1.29 is 0 Å². The van der Waals surface area contributed by atoms with Crippen molar-refractivity contribution in [3.8, 4) is 0 Å². The van der Waals surface area contributed by atoms with Crippen molar-refractivity contribution >= 4 is 10.9 Å². The third kappa shape index (κ3) is 9.19. The summed E-state index contributed by atoms with van der Waals surface area (Å²) in [6.45, 7) is 19.0. The molecule has 0 radical (unpaired) electrons. The molecule has 2 atom stereocenters. The standard InChI is InChI=1S/C11H11N.C9H17N.C3H8.C2H6/c1-2-9-7-8-12-11-6-4-3-5-10(9)11;1-4-9-7-10(3)6-5-8(9)2;1-3-2;1-2/h3-8H,2H2,1H3;4,8-9H,1,5-7H2,2-3H3;3H2,1-2H3;1-2H3. The average molecular weight is 371 g/mol. The molecule has 1 saturated heterocycles. The smallest absolute Gasteiger partial charge is 0.0704 e. The number of benzene rings is 1. The molecule has 2 unspecified atom stereocenters. The fourth-order valence-corrected chi connectivity index (χ4v) is 3.04. The van der Waals surface area contributed by atoms with E-state index in [2.05, 4.69) is 81.5 Å². The molecule has 2 nitrogen and oxygen atoms in total. The SMILES string of the molecule is C=CC1CN(C)CCC1C.CC.CCC.CCc1ccnc2ccccc12. The lowest BCUT2D eigenvalue weighted by atomic mass is 9.87. The summed E-state index contributed by atoms with van der Waals surface area (Å²) < 4.78 is 0. The van der Waals surface area contributed by atoms with E-state index in [1.54, 1.807) is 0 Å². The molecule has 1 aliphatic heterocycles. The number of hydrogen-bond donors (Lipinski definition) is 0. The molecular weight excluding hydrogens is 328 g/mol. The molecule has 0 spiro atoms. The molecule has 1 fully saturated rings. The maximum absolute atomic E-state index is 4.29. The Morgan fingerprint density at radius 1 is 1.15 bits per heavy atom. The first-order valence-corrected chi connectivity index (χ1v) is 10.7. The zero-order valence-corrected chi connectivity index (χ0v) is 18.8. The van der Waals surface area contributed by atoms with Crippen LogP contribution >= 0.6 is 0 Å². The van der Waals surface area contributed by atoms with Gasteiger partial charge in [-0.3, -0.25) is 4.98 Å².